The molecule has 0 radical (unpaired) electrons. The molecule has 0 aliphatic heterocycles. The molecule has 0 saturated heterocycles. The molecule has 1 aromatic carbocycles. The summed E-state index contributed by atoms with van der Waals surface area (Å²) in [6.07, 6.45) is 1.99. The van der Waals surface area contributed by atoms with Gasteiger partial charge in [0.15, 0.2) is 0 Å². The second kappa shape index (κ2) is 10.3. The van der Waals surface area contributed by atoms with Gasteiger partial charge in [0.2, 0.25) is 0 Å². The van der Waals surface area contributed by atoms with E-state index in [-0.39, 0.29) is 12.0 Å². The molecule has 3 heteroatoms. The molecule has 22 heavy (non-hydrogen) atoms. The number of hydrogen-bond acceptors (Lipinski definition) is 3. The highest BCUT2D eigenvalue weighted by atomic mass is 16.5. The van der Waals surface area contributed by atoms with Crippen LogP contribution in [0, 0.1) is 17.8 Å². The van der Waals surface area contributed by atoms with Gasteiger partial charge in [-0.25, -0.2) is 0 Å². The van der Waals surface area contributed by atoms with Crippen LogP contribution in [0.1, 0.15) is 45.6 Å². The first-order valence-electron chi connectivity index (χ1n) is 7.99. The molecule has 122 valence electrons. The van der Waals surface area contributed by atoms with E-state index in [0.29, 0.717) is 6.61 Å². The lowest BCUT2D eigenvalue weighted by Gasteiger charge is -2.23. The molecule has 0 spiro atoms. The van der Waals surface area contributed by atoms with Gasteiger partial charge in [-0.1, -0.05) is 45.2 Å². The molecule has 1 aromatic rings. The van der Waals surface area contributed by atoms with Gasteiger partial charge in [-0.15, -0.1) is 5.92 Å². The van der Waals surface area contributed by atoms with Crippen LogP contribution in [0.3, 0.4) is 0 Å². The summed E-state index contributed by atoms with van der Waals surface area (Å²) < 4.78 is 11.0. The summed E-state index contributed by atoms with van der Waals surface area (Å²) in [5.41, 5.74) is 1.05. The molecule has 0 aliphatic carbocycles. The van der Waals surface area contributed by atoms with Gasteiger partial charge in [-0.2, -0.15) is 0 Å². The molecule has 2 atom stereocenters. The zero-order valence-electron chi connectivity index (χ0n) is 14.1. The summed E-state index contributed by atoms with van der Waals surface area (Å²) in [6, 6.07) is 7.75. The van der Waals surface area contributed by atoms with Crippen LogP contribution in [0.4, 0.5) is 0 Å². The highest BCUT2D eigenvalue weighted by molar-refractivity contribution is 5.26. The Morgan fingerprint density at radius 2 is 1.86 bits per heavy atom. The van der Waals surface area contributed by atoms with Gasteiger partial charge in [0.25, 0.3) is 0 Å². The highest BCUT2D eigenvalue weighted by Crippen LogP contribution is 2.16. The summed E-state index contributed by atoms with van der Waals surface area (Å²) >= 11 is 0. The fourth-order valence-corrected chi connectivity index (χ4v) is 2.09. The Balaban J connectivity index is 2.56. The third kappa shape index (κ3) is 6.51. The van der Waals surface area contributed by atoms with Crippen LogP contribution in [0.15, 0.2) is 24.3 Å². The molecule has 0 aliphatic rings. The number of hydrogen-bond donors (Lipinski definition) is 1. The lowest BCUT2D eigenvalue weighted by atomic mass is 10.0. The van der Waals surface area contributed by atoms with E-state index in [1.807, 2.05) is 38.1 Å². The molecular weight excluding hydrogens is 276 g/mol. The molecule has 0 unspecified atom stereocenters. The molecule has 0 heterocycles. The average Bonchev–Trinajstić information content (AvgIpc) is 2.52. The molecule has 0 amide bonds. The number of benzene rings is 1. The maximum absolute atomic E-state index is 10.2. The first-order valence-corrected chi connectivity index (χ1v) is 7.99. The second-order valence-electron chi connectivity index (χ2n) is 5.74. The lowest BCUT2D eigenvalue weighted by molar-refractivity contribution is -0.0482. The molecule has 0 bridgehead atoms. The summed E-state index contributed by atoms with van der Waals surface area (Å²) in [5.74, 6) is 6.98. The smallest absolute Gasteiger partial charge is 0.141 e. The van der Waals surface area contributed by atoms with E-state index in [1.54, 1.807) is 7.11 Å². The van der Waals surface area contributed by atoms with E-state index < -0.39 is 6.10 Å². The minimum absolute atomic E-state index is 0.203. The van der Waals surface area contributed by atoms with Crippen molar-refractivity contribution in [1.29, 1.82) is 0 Å². The summed E-state index contributed by atoms with van der Waals surface area (Å²) in [6.45, 7) is 6.67. The minimum atomic E-state index is -0.741. The van der Waals surface area contributed by atoms with Crippen LogP contribution in [0.25, 0.3) is 0 Å². The van der Waals surface area contributed by atoms with Gasteiger partial charge in [0, 0.05) is 6.42 Å². The maximum atomic E-state index is 10.2. The van der Waals surface area contributed by atoms with E-state index >= 15 is 0 Å². The topological polar surface area (TPSA) is 38.7 Å². The Hall–Kier alpha value is -1.50. The Kier molecular flexibility index (Phi) is 8.65. The lowest BCUT2D eigenvalue weighted by Crippen LogP contribution is -2.32. The number of ether oxygens (including phenoxy) is 2. The van der Waals surface area contributed by atoms with Crippen molar-refractivity contribution < 1.29 is 14.6 Å². The van der Waals surface area contributed by atoms with Gasteiger partial charge >= 0.3 is 0 Å². The number of methoxy groups -OCH3 is 1. The first-order chi connectivity index (χ1) is 10.6. The molecule has 1 N–H and O–H groups in total. The van der Waals surface area contributed by atoms with Crippen LogP contribution in [-0.2, 0) is 11.3 Å². The van der Waals surface area contributed by atoms with Gasteiger partial charge in [-0.05, 0) is 30.0 Å². The van der Waals surface area contributed by atoms with E-state index in [2.05, 4.69) is 18.8 Å². The zero-order chi connectivity index (χ0) is 16.4. The van der Waals surface area contributed by atoms with Gasteiger partial charge in [0.1, 0.15) is 11.9 Å². The summed E-state index contributed by atoms with van der Waals surface area (Å²) in [7, 11) is 1.65. The number of unbranched alkanes of at least 4 members (excludes halogenated alkanes) is 2. The Morgan fingerprint density at radius 1 is 1.18 bits per heavy atom. The van der Waals surface area contributed by atoms with Crippen molar-refractivity contribution in [2.45, 2.75) is 58.8 Å². The Morgan fingerprint density at radius 3 is 2.41 bits per heavy atom. The molecule has 0 fully saturated rings. The number of aliphatic hydroxyl groups is 1. The van der Waals surface area contributed by atoms with E-state index in [9.17, 15) is 5.11 Å². The summed E-state index contributed by atoms with van der Waals surface area (Å²) in [5, 5.41) is 10.2. The van der Waals surface area contributed by atoms with Gasteiger partial charge in [-0.3, -0.25) is 0 Å². The van der Waals surface area contributed by atoms with Crippen LogP contribution in [0.5, 0.6) is 5.75 Å². The largest absolute Gasteiger partial charge is 0.497 e. The molecule has 1 rings (SSSR count). The average molecular weight is 304 g/mol. The van der Waals surface area contributed by atoms with Crippen LogP contribution in [-0.4, -0.2) is 24.4 Å². The van der Waals surface area contributed by atoms with Crippen LogP contribution < -0.4 is 4.74 Å². The van der Waals surface area contributed by atoms with Gasteiger partial charge < -0.3 is 14.6 Å². The van der Waals surface area contributed by atoms with Crippen LogP contribution >= 0.6 is 0 Å². The normalized spacial score (nSPS) is 13.4. The monoisotopic (exact) mass is 304 g/mol. The molecule has 0 saturated carbocycles. The third-order valence-electron chi connectivity index (χ3n) is 3.48. The van der Waals surface area contributed by atoms with Crippen molar-refractivity contribution in [3.05, 3.63) is 29.8 Å². The quantitative estimate of drug-likeness (QED) is 0.586. The van der Waals surface area contributed by atoms with Gasteiger partial charge in [0.05, 0.1) is 19.8 Å². The Labute approximate surface area is 134 Å². The SMILES string of the molecule is CCCCC#C[C@H](O)[C@@H](OCc1ccc(OC)cc1)C(C)C. The van der Waals surface area contributed by atoms with Crippen molar-refractivity contribution >= 4 is 0 Å². The minimum Gasteiger partial charge on any atom is -0.497 e. The maximum Gasteiger partial charge on any atom is 0.141 e. The molecule has 3 nitrogen and oxygen atoms in total. The first kappa shape index (κ1) is 18.5. The fraction of sp³-hybridized carbons (Fsp3) is 0.579. The van der Waals surface area contributed by atoms with Crippen molar-refractivity contribution in [3.63, 3.8) is 0 Å². The molecular formula is C19H28O3. The Bertz CT molecular complexity index is 468. The number of aliphatic hydroxyl groups excluding tert-OH is 1. The van der Waals surface area contributed by atoms with Crippen LogP contribution in [0.2, 0.25) is 0 Å². The predicted molar refractivity (Wildman–Crippen MR) is 89.7 cm³/mol. The second-order valence-corrected chi connectivity index (χ2v) is 5.74. The zero-order valence-corrected chi connectivity index (χ0v) is 14.1. The highest BCUT2D eigenvalue weighted by Gasteiger charge is 2.21. The summed E-state index contributed by atoms with van der Waals surface area (Å²) in [4.78, 5) is 0. The fourth-order valence-electron chi connectivity index (χ4n) is 2.09. The standard InChI is InChI=1S/C19H28O3/c1-5-6-7-8-9-18(20)19(15(2)3)22-14-16-10-12-17(21-4)13-11-16/h10-13,15,18-20H,5-7,14H2,1-4H3/t18-,19-/m0/s1. The number of rotatable bonds is 8. The van der Waals surface area contributed by atoms with Crippen molar-refractivity contribution in [1.82, 2.24) is 0 Å². The van der Waals surface area contributed by atoms with E-state index in [4.69, 9.17) is 9.47 Å². The van der Waals surface area contributed by atoms with Crippen molar-refractivity contribution in [2.75, 3.05) is 7.11 Å². The van der Waals surface area contributed by atoms with E-state index in [0.717, 1.165) is 30.6 Å². The predicted octanol–water partition coefficient (Wildman–Crippen LogP) is 3.79. The van der Waals surface area contributed by atoms with E-state index in [1.165, 1.54) is 0 Å². The van der Waals surface area contributed by atoms with Crippen molar-refractivity contribution in [2.24, 2.45) is 5.92 Å². The third-order valence-corrected chi connectivity index (χ3v) is 3.48. The molecule has 0 aromatic heterocycles. The van der Waals surface area contributed by atoms with Crippen molar-refractivity contribution in [3.8, 4) is 17.6 Å².